The molecular formula is C9H15Cl2NOS. The molecule has 1 rings (SSSR count). The van der Waals surface area contributed by atoms with E-state index in [0.29, 0.717) is 0 Å². The van der Waals surface area contributed by atoms with E-state index in [1.165, 1.54) is 11.3 Å². The molecule has 2 nitrogen and oxygen atoms in total. The van der Waals surface area contributed by atoms with Crippen molar-refractivity contribution in [1.29, 1.82) is 0 Å². The molecule has 0 aliphatic heterocycles. The number of halogens is 2. The van der Waals surface area contributed by atoms with Crippen LogP contribution in [-0.2, 0) is 0 Å². The maximum absolute atomic E-state index is 9.12. The van der Waals surface area contributed by atoms with Gasteiger partial charge in [0.25, 0.3) is 0 Å². The van der Waals surface area contributed by atoms with Crippen LogP contribution in [0.15, 0.2) is 12.1 Å². The fourth-order valence-corrected chi connectivity index (χ4v) is 2.25. The van der Waals surface area contributed by atoms with E-state index >= 15 is 0 Å². The summed E-state index contributed by atoms with van der Waals surface area (Å²) in [5, 5.41) is 9.12. The van der Waals surface area contributed by atoms with Gasteiger partial charge in [0.1, 0.15) is 0 Å². The Hall–Kier alpha value is 0.200. The zero-order valence-corrected chi connectivity index (χ0v) is 10.5. The van der Waals surface area contributed by atoms with Crippen molar-refractivity contribution in [3.8, 4) is 0 Å². The van der Waals surface area contributed by atoms with Crippen LogP contribution in [0.1, 0.15) is 24.8 Å². The molecule has 0 aliphatic rings. The third-order valence-corrected chi connectivity index (χ3v) is 3.46. The Balaban J connectivity index is 0.00000169. The van der Waals surface area contributed by atoms with Crippen molar-refractivity contribution in [2.45, 2.75) is 19.9 Å². The number of hydrogen-bond acceptors (Lipinski definition) is 3. The van der Waals surface area contributed by atoms with Crippen molar-refractivity contribution in [1.82, 2.24) is 0 Å². The minimum absolute atomic E-state index is 0. The monoisotopic (exact) mass is 255 g/mol. The third kappa shape index (κ3) is 3.11. The molecule has 0 fully saturated rings. The first-order chi connectivity index (χ1) is 5.97. The molecule has 14 heavy (non-hydrogen) atoms. The van der Waals surface area contributed by atoms with E-state index in [9.17, 15) is 0 Å². The normalized spacial score (nSPS) is 13.5. The highest BCUT2D eigenvalue weighted by Crippen LogP contribution is 2.35. The van der Waals surface area contributed by atoms with Crippen LogP contribution < -0.4 is 5.73 Å². The van der Waals surface area contributed by atoms with E-state index in [1.54, 1.807) is 0 Å². The maximum Gasteiger partial charge on any atom is 0.0931 e. The summed E-state index contributed by atoms with van der Waals surface area (Å²) in [4.78, 5) is 1.02. The fraction of sp³-hybridized carbons (Fsp3) is 0.556. The van der Waals surface area contributed by atoms with Gasteiger partial charge >= 0.3 is 0 Å². The van der Waals surface area contributed by atoms with Gasteiger partial charge in [-0.15, -0.1) is 23.7 Å². The summed E-state index contributed by atoms with van der Waals surface area (Å²) in [7, 11) is 0. The summed E-state index contributed by atoms with van der Waals surface area (Å²) < 4.78 is 0.735. The minimum Gasteiger partial charge on any atom is -0.396 e. The van der Waals surface area contributed by atoms with E-state index in [0.717, 1.165) is 9.21 Å². The van der Waals surface area contributed by atoms with Crippen LogP contribution in [0.25, 0.3) is 0 Å². The summed E-state index contributed by atoms with van der Waals surface area (Å²) in [5.74, 6) is 0. The molecule has 1 atom stereocenters. The van der Waals surface area contributed by atoms with Crippen LogP contribution in [0, 0.1) is 5.41 Å². The highest BCUT2D eigenvalue weighted by molar-refractivity contribution is 7.16. The molecule has 0 amide bonds. The summed E-state index contributed by atoms with van der Waals surface area (Å²) >= 11 is 7.27. The molecule has 0 unspecified atom stereocenters. The van der Waals surface area contributed by atoms with Gasteiger partial charge in [0.15, 0.2) is 0 Å². The summed E-state index contributed by atoms with van der Waals surface area (Å²) in [6.07, 6.45) is 0. The standard InChI is InChI=1S/C9H14ClNOS.ClH/c1-9(2,5-12)8(11)6-3-4-7(10)13-6;/h3-4,8,12H,5,11H2,1-2H3;1H/t8-;/m1./s1. The largest absolute Gasteiger partial charge is 0.396 e. The summed E-state index contributed by atoms with van der Waals surface area (Å²) in [6.45, 7) is 3.94. The first kappa shape index (κ1) is 14.2. The van der Waals surface area contributed by atoms with Gasteiger partial charge in [0.2, 0.25) is 0 Å². The molecular weight excluding hydrogens is 241 g/mol. The lowest BCUT2D eigenvalue weighted by molar-refractivity contribution is 0.133. The van der Waals surface area contributed by atoms with Gasteiger partial charge in [-0.3, -0.25) is 0 Å². The summed E-state index contributed by atoms with van der Waals surface area (Å²) in [6, 6.07) is 3.58. The molecule has 1 heterocycles. The van der Waals surface area contributed by atoms with Crippen molar-refractivity contribution in [3.05, 3.63) is 21.3 Å². The Morgan fingerprint density at radius 3 is 2.50 bits per heavy atom. The molecule has 0 saturated carbocycles. The van der Waals surface area contributed by atoms with Gasteiger partial charge < -0.3 is 10.8 Å². The Labute approximate surface area is 99.5 Å². The van der Waals surface area contributed by atoms with Crippen molar-refractivity contribution >= 4 is 35.3 Å². The molecule has 1 aromatic heterocycles. The van der Waals surface area contributed by atoms with Gasteiger partial charge in [-0.05, 0) is 12.1 Å². The second-order valence-corrected chi connectivity index (χ2v) is 5.51. The van der Waals surface area contributed by atoms with Gasteiger partial charge in [0.05, 0.1) is 10.9 Å². The van der Waals surface area contributed by atoms with Crippen molar-refractivity contribution in [2.24, 2.45) is 11.1 Å². The molecule has 0 aromatic carbocycles. The number of aliphatic hydroxyl groups excluding tert-OH is 1. The average molecular weight is 256 g/mol. The zero-order valence-electron chi connectivity index (χ0n) is 8.16. The van der Waals surface area contributed by atoms with Gasteiger partial charge in [-0.1, -0.05) is 25.4 Å². The average Bonchev–Trinajstić information content (AvgIpc) is 2.50. The lowest BCUT2D eigenvalue weighted by atomic mass is 9.85. The number of rotatable bonds is 3. The number of nitrogens with two attached hydrogens (primary N) is 1. The molecule has 5 heteroatoms. The van der Waals surface area contributed by atoms with E-state index in [1.807, 2.05) is 26.0 Å². The molecule has 3 N–H and O–H groups in total. The van der Waals surface area contributed by atoms with Gasteiger partial charge in [-0.25, -0.2) is 0 Å². The molecule has 1 aromatic rings. The van der Waals surface area contributed by atoms with E-state index in [2.05, 4.69) is 0 Å². The lowest BCUT2D eigenvalue weighted by Gasteiger charge is -2.28. The fourth-order valence-electron chi connectivity index (χ4n) is 0.979. The number of aliphatic hydroxyl groups is 1. The SMILES string of the molecule is CC(C)(CO)[C@H](N)c1ccc(Cl)s1.Cl. The first-order valence-electron chi connectivity index (χ1n) is 4.09. The molecule has 0 radical (unpaired) electrons. The van der Waals surface area contributed by atoms with Crippen molar-refractivity contribution in [3.63, 3.8) is 0 Å². The third-order valence-electron chi connectivity index (χ3n) is 2.15. The van der Waals surface area contributed by atoms with Gasteiger partial charge in [-0.2, -0.15) is 0 Å². The Morgan fingerprint density at radius 1 is 1.57 bits per heavy atom. The van der Waals surface area contributed by atoms with Gasteiger partial charge in [0, 0.05) is 16.3 Å². The van der Waals surface area contributed by atoms with Crippen molar-refractivity contribution < 1.29 is 5.11 Å². The predicted molar refractivity (Wildman–Crippen MR) is 64.4 cm³/mol. The van der Waals surface area contributed by atoms with E-state index in [4.69, 9.17) is 22.4 Å². The van der Waals surface area contributed by atoms with Crippen LogP contribution >= 0.6 is 35.3 Å². The van der Waals surface area contributed by atoms with Crippen LogP contribution in [0.3, 0.4) is 0 Å². The number of hydrogen-bond donors (Lipinski definition) is 2. The molecule has 0 bridgehead atoms. The quantitative estimate of drug-likeness (QED) is 0.873. The highest BCUT2D eigenvalue weighted by atomic mass is 35.5. The lowest BCUT2D eigenvalue weighted by Crippen LogP contribution is -2.31. The topological polar surface area (TPSA) is 46.2 Å². The molecule has 0 aliphatic carbocycles. The van der Waals surface area contributed by atoms with E-state index in [-0.39, 0.29) is 30.5 Å². The molecule has 82 valence electrons. The van der Waals surface area contributed by atoms with Crippen LogP contribution in [0.4, 0.5) is 0 Å². The predicted octanol–water partition coefficient (Wildman–Crippen LogP) is 2.84. The smallest absolute Gasteiger partial charge is 0.0931 e. The summed E-state index contributed by atoms with van der Waals surface area (Å²) in [5.41, 5.74) is 5.69. The zero-order chi connectivity index (χ0) is 10.1. The maximum atomic E-state index is 9.12. The number of thiophene rings is 1. The van der Waals surface area contributed by atoms with Crippen LogP contribution in [-0.4, -0.2) is 11.7 Å². The second-order valence-electron chi connectivity index (χ2n) is 3.77. The van der Waals surface area contributed by atoms with Crippen LogP contribution in [0.2, 0.25) is 4.34 Å². The first-order valence-corrected chi connectivity index (χ1v) is 5.28. The minimum atomic E-state index is -0.297. The Bertz CT molecular complexity index is 288. The Kier molecular flexibility index (Phi) is 5.41. The highest BCUT2D eigenvalue weighted by Gasteiger charge is 2.27. The van der Waals surface area contributed by atoms with Crippen LogP contribution in [0.5, 0.6) is 0 Å². The Morgan fingerprint density at radius 2 is 2.14 bits per heavy atom. The second kappa shape index (κ2) is 5.33. The molecule has 0 saturated heterocycles. The van der Waals surface area contributed by atoms with Crippen molar-refractivity contribution in [2.75, 3.05) is 6.61 Å². The van der Waals surface area contributed by atoms with E-state index < -0.39 is 0 Å². The molecule has 0 spiro atoms.